The molecular formula is C18H16N6O2S. The summed E-state index contributed by atoms with van der Waals surface area (Å²) in [5, 5.41) is 20.8. The summed E-state index contributed by atoms with van der Waals surface area (Å²) in [6, 6.07) is 17.2. The van der Waals surface area contributed by atoms with Gasteiger partial charge in [0.2, 0.25) is 16.9 Å². The molecule has 8 nitrogen and oxygen atoms in total. The second-order valence-corrected chi connectivity index (χ2v) is 6.95. The fraction of sp³-hybridized carbons (Fsp3) is 0.167. The van der Waals surface area contributed by atoms with E-state index in [1.54, 1.807) is 11.8 Å². The Bertz CT molecular complexity index is 1020. The standard InChI is InChI=1S/C18H16N6O2S/c1-12(27-18-21-22-23-24(18)14-6-4-3-5-7-14)16-19-20-17(26-16)13-8-10-15(25-2)11-9-13/h3-12H,1-2H3/t12-/m1/s1. The highest BCUT2D eigenvalue weighted by molar-refractivity contribution is 7.99. The molecule has 1 atom stereocenters. The Morgan fingerprint density at radius 1 is 1.00 bits per heavy atom. The Kier molecular flexibility index (Phi) is 4.84. The maximum atomic E-state index is 5.84. The molecule has 4 aromatic rings. The molecule has 4 rings (SSSR count). The van der Waals surface area contributed by atoms with Crippen molar-refractivity contribution in [3.63, 3.8) is 0 Å². The number of para-hydroxylation sites is 1. The quantitative estimate of drug-likeness (QED) is 0.469. The van der Waals surface area contributed by atoms with Gasteiger partial charge in [0.15, 0.2) is 0 Å². The number of thioether (sulfide) groups is 1. The van der Waals surface area contributed by atoms with E-state index in [0.717, 1.165) is 17.0 Å². The molecule has 0 N–H and O–H groups in total. The van der Waals surface area contributed by atoms with Crippen molar-refractivity contribution in [2.24, 2.45) is 0 Å². The van der Waals surface area contributed by atoms with Crippen LogP contribution in [0.5, 0.6) is 5.75 Å². The first-order valence-electron chi connectivity index (χ1n) is 8.23. The van der Waals surface area contributed by atoms with E-state index in [9.17, 15) is 0 Å². The van der Waals surface area contributed by atoms with Crippen LogP contribution in [-0.4, -0.2) is 37.5 Å². The van der Waals surface area contributed by atoms with Gasteiger partial charge in [-0.15, -0.1) is 15.3 Å². The Balaban J connectivity index is 1.52. The highest BCUT2D eigenvalue weighted by atomic mass is 32.2. The number of rotatable bonds is 6. The summed E-state index contributed by atoms with van der Waals surface area (Å²) >= 11 is 1.45. The van der Waals surface area contributed by atoms with Gasteiger partial charge in [-0.25, -0.2) is 0 Å². The molecule has 0 aliphatic carbocycles. The van der Waals surface area contributed by atoms with Crippen LogP contribution in [0.2, 0.25) is 0 Å². The average Bonchev–Trinajstić information content (AvgIpc) is 3.38. The zero-order valence-corrected chi connectivity index (χ0v) is 15.5. The minimum atomic E-state index is -0.113. The molecule has 0 saturated carbocycles. The van der Waals surface area contributed by atoms with E-state index in [1.165, 1.54) is 11.8 Å². The van der Waals surface area contributed by atoms with Crippen LogP contribution in [0.15, 0.2) is 64.2 Å². The number of nitrogens with zero attached hydrogens (tertiary/aromatic N) is 6. The van der Waals surface area contributed by atoms with Crippen LogP contribution in [0.3, 0.4) is 0 Å². The van der Waals surface area contributed by atoms with Crippen molar-refractivity contribution in [1.82, 2.24) is 30.4 Å². The van der Waals surface area contributed by atoms with E-state index in [4.69, 9.17) is 9.15 Å². The van der Waals surface area contributed by atoms with E-state index in [1.807, 2.05) is 61.5 Å². The van der Waals surface area contributed by atoms with Crippen molar-refractivity contribution in [2.75, 3.05) is 7.11 Å². The number of hydrogen-bond donors (Lipinski definition) is 0. The molecular weight excluding hydrogens is 364 g/mol. The minimum Gasteiger partial charge on any atom is -0.497 e. The number of ether oxygens (including phenoxy) is 1. The van der Waals surface area contributed by atoms with E-state index in [2.05, 4.69) is 25.7 Å². The number of benzene rings is 2. The maximum Gasteiger partial charge on any atom is 0.247 e. The number of aromatic nitrogens is 6. The maximum absolute atomic E-state index is 5.84. The van der Waals surface area contributed by atoms with Crippen molar-refractivity contribution >= 4 is 11.8 Å². The van der Waals surface area contributed by atoms with Crippen molar-refractivity contribution in [2.45, 2.75) is 17.3 Å². The largest absolute Gasteiger partial charge is 0.497 e. The van der Waals surface area contributed by atoms with Gasteiger partial charge in [-0.3, -0.25) is 0 Å². The van der Waals surface area contributed by atoms with E-state index < -0.39 is 0 Å². The molecule has 0 aliphatic heterocycles. The van der Waals surface area contributed by atoms with Gasteiger partial charge < -0.3 is 9.15 Å². The van der Waals surface area contributed by atoms with E-state index in [-0.39, 0.29) is 5.25 Å². The van der Waals surface area contributed by atoms with Crippen molar-refractivity contribution in [3.8, 4) is 22.9 Å². The van der Waals surface area contributed by atoms with Crippen LogP contribution in [0.4, 0.5) is 0 Å². The van der Waals surface area contributed by atoms with Gasteiger partial charge in [-0.05, 0) is 53.7 Å². The Labute approximate surface area is 159 Å². The average molecular weight is 380 g/mol. The Morgan fingerprint density at radius 2 is 1.78 bits per heavy atom. The predicted octanol–water partition coefficient (Wildman–Crippen LogP) is 3.57. The third kappa shape index (κ3) is 3.68. The first kappa shape index (κ1) is 17.2. The second-order valence-electron chi connectivity index (χ2n) is 5.64. The molecule has 0 saturated heterocycles. The van der Waals surface area contributed by atoms with Gasteiger partial charge in [0.25, 0.3) is 0 Å². The van der Waals surface area contributed by atoms with Crippen molar-refractivity contribution in [3.05, 3.63) is 60.5 Å². The lowest BCUT2D eigenvalue weighted by Gasteiger charge is -2.07. The van der Waals surface area contributed by atoms with Gasteiger partial charge in [0, 0.05) is 5.56 Å². The molecule has 9 heteroatoms. The summed E-state index contributed by atoms with van der Waals surface area (Å²) in [6.07, 6.45) is 0. The summed E-state index contributed by atoms with van der Waals surface area (Å²) in [4.78, 5) is 0. The highest BCUT2D eigenvalue weighted by Gasteiger charge is 2.20. The zero-order valence-electron chi connectivity index (χ0n) is 14.7. The van der Waals surface area contributed by atoms with Gasteiger partial charge in [-0.2, -0.15) is 4.68 Å². The first-order valence-corrected chi connectivity index (χ1v) is 9.11. The lowest BCUT2D eigenvalue weighted by molar-refractivity contribution is 0.415. The minimum absolute atomic E-state index is 0.113. The lowest BCUT2D eigenvalue weighted by atomic mass is 10.2. The number of tetrazole rings is 1. The van der Waals surface area contributed by atoms with Crippen LogP contribution < -0.4 is 4.74 Å². The summed E-state index contributed by atoms with van der Waals surface area (Å²) in [7, 11) is 1.63. The number of methoxy groups -OCH3 is 1. The highest BCUT2D eigenvalue weighted by Crippen LogP contribution is 2.34. The normalized spacial score (nSPS) is 12.1. The summed E-state index contributed by atoms with van der Waals surface area (Å²) < 4.78 is 12.7. The number of hydrogen-bond acceptors (Lipinski definition) is 8. The molecule has 2 heterocycles. The molecule has 0 unspecified atom stereocenters. The molecule has 0 aliphatic rings. The Morgan fingerprint density at radius 3 is 2.52 bits per heavy atom. The molecule has 2 aromatic carbocycles. The second kappa shape index (κ2) is 7.58. The topological polar surface area (TPSA) is 91.8 Å². The first-order chi connectivity index (χ1) is 13.2. The third-order valence-corrected chi connectivity index (χ3v) is 4.87. The Hall–Kier alpha value is -3.20. The molecule has 27 heavy (non-hydrogen) atoms. The van der Waals surface area contributed by atoms with Crippen LogP contribution in [-0.2, 0) is 0 Å². The monoisotopic (exact) mass is 380 g/mol. The van der Waals surface area contributed by atoms with E-state index in [0.29, 0.717) is 16.9 Å². The van der Waals surface area contributed by atoms with Crippen LogP contribution in [0.25, 0.3) is 17.1 Å². The fourth-order valence-electron chi connectivity index (χ4n) is 2.44. The zero-order chi connectivity index (χ0) is 18.6. The van der Waals surface area contributed by atoms with Crippen molar-refractivity contribution < 1.29 is 9.15 Å². The van der Waals surface area contributed by atoms with E-state index >= 15 is 0 Å². The molecule has 0 fully saturated rings. The summed E-state index contributed by atoms with van der Waals surface area (Å²) in [5.74, 6) is 1.74. The van der Waals surface area contributed by atoms with Crippen LogP contribution in [0, 0.1) is 0 Å². The summed E-state index contributed by atoms with van der Waals surface area (Å²) in [5.41, 5.74) is 1.72. The molecule has 0 amide bonds. The molecule has 0 bridgehead atoms. The van der Waals surface area contributed by atoms with Gasteiger partial charge in [0.05, 0.1) is 18.0 Å². The van der Waals surface area contributed by atoms with Crippen LogP contribution in [0.1, 0.15) is 18.1 Å². The van der Waals surface area contributed by atoms with Gasteiger partial charge in [-0.1, -0.05) is 30.0 Å². The van der Waals surface area contributed by atoms with Gasteiger partial charge in [0.1, 0.15) is 5.75 Å². The molecule has 0 radical (unpaired) electrons. The molecule has 2 aromatic heterocycles. The van der Waals surface area contributed by atoms with Gasteiger partial charge >= 0.3 is 0 Å². The summed E-state index contributed by atoms with van der Waals surface area (Å²) in [6.45, 7) is 1.97. The fourth-order valence-corrected chi connectivity index (χ4v) is 3.28. The SMILES string of the molecule is COc1ccc(-c2nnc([C@@H](C)Sc3nnnn3-c3ccccc3)o2)cc1. The predicted molar refractivity (Wildman–Crippen MR) is 99.7 cm³/mol. The third-order valence-electron chi connectivity index (χ3n) is 3.85. The molecule has 0 spiro atoms. The van der Waals surface area contributed by atoms with Crippen LogP contribution >= 0.6 is 11.8 Å². The van der Waals surface area contributed by atoms with Crippen molar-refractivity contribution in [1.29, 1.82) is 0 Å². The molecule has 136 valence electrons. The smallest absolute Gasteiger partial charge is 0.247 e. The lowest BCUT2D eigenvalue weighted by Crippen LogP contribution is -2.00.